The predicted molar refractivity (Wildman–Crippen MR) is 130 cm³/mol. The molecule has 1 aromatic carbocycles. The van der Waals surface area contributed by atoms with Gasteiger partial charge in [-0.2, -0.15) is 0 Å². The van der Waals surface area contributed by atoms with Crippen molar-refractivity contribution in [2.45, 2.75) is 26.2 Å². The number of likely N-dealkylation sites (tertiary alicyclic amines) is 1. The van der Waals surface area contributed by atoms with Gasteiger partial charge in [-0.3, -0.25) is 14.5 Å². The average Bonchev–Trinajstić information content (AvgIpc) is 3.33. The van der Waals surface area contributed by atoms with Crippen LogP contribution in [0.25, 0.3) is 0 Å². The van der Waals surface area contributed by atoms with Gasteiger partial charge in [-0.05, 0) is 68.4 Å². The first-order chi connectivity index (χ1) is 15.6. The average molecular weight is 455 g/mol. The van der Waals surface area contributed by atoms with E-state index in [-0.39, 0.29) is 17.7 Å². The van der Waals surface area contributed by atoms with Gasteiger partial charge < -0.3 is 15.1 Å². The minimum Gasteiger partial charge on any atom is -0.368 e. The second kappa shape index (κ2) is 11.0. The summed E-state index contributed by atoms with van der Waals surface area (Å²) in [6, 6.07) is 12.7. The Bertz CT molecular complexity index is 885. The Kier molecular flexibility index (Phi) is 7.81. The predicted octanol–water partition coefficient (Wildman–Crippen LogP) is 2.78. The Hall–Kier alpha value is -2.38. The molecule has 0 unspecified atom stereocenters. The second-order valence-electron chi connectivity index (χ2n) is 8.88. The van der Waals surface area contributed by atoms with Crippen LogP contribution in [-0.4, -0.2) is 74.0 Å². The van der Waals surface area contributed by atoms with Gasteiger partial charge in [0.05, 0.1) is 6.54 Å². The van der Waals surface area contributed by atoms with Crippen molar-refractivity contribution in [3.63, 3.8) is 0 Å². The van der Waals surface area contributed by atoms with Crippen molar-refractivity contribution in [2.24, 2.45) is 5.92 Å². The molecule has 7 heteroatoms. The minimum absolute atomic E-state index is 0.0718. The van der Waals surface area contributed by atoms with Crippen LogP contribution in [0, 0.1) is 12.8 Å². The van der Waals surface area contributed by atoms with E-state index in [1.807, 2.05) is 11.0 Å². The zero-order valence-corrected chi connectivity index (χ0v) is 19.8. The largest absolute Gasteiger partial charge is 0.368 e. The number of benzene rings is 1. The van der Waals surface area contributed by atoms with Crippen molar-refractivity contribution >= 4 is 28.8 Å². The SMILES string of the molecule is Cc1cccc(N2CCN(C(=O)CN3CCC(C(=O)NCCc4cccs4)CC3)CC2)c1. The summed E-state index contributed by atoms with van der Waals surface area (Å²) in [6.45, 7) is 8.22. The smallest absolute Gasteiger partial charge is 0.236 e. The molecule has 0 atom stereocenters. The quantitative estimate of drug-likeness (QED) is 0.699. The molecule has 2 fully saturated rings. The van der Waals surface area contributed by atoms with Gasteiger partial charge in [0.15, 0.2) is 0 Å². The van der Waals surface area contributed by atoms with Gasteiger partial charge in [-0.25, -0.2) is 0 Å². The topological polar surface area (TPSA) is 55.9 Å². The second-order valence-corrected chi connectivity index (χ2v) is 9.91. The molecule has 0 bridgehead atoms. The summed E-state index contributed by atoms with van der Waals surface area (Å²) in [5, 5.41) is 5.16. The van der Waals surface area contributed by atoms with E-state index in [9.17, 15) is 9.59 Å². The van der Waals surface area contributed by atoms with Crippen molar-refractivity contribution in [2.75, 3.05) is 57.3 Å². The normalized spacial score (nSPS) is 18.0. The standard InChI is InChI=1S/C25H34N4O2S/c1-20-4-2-5-22(18-20)28-13-15-29(16-14-28)24(30)19-27-11-8-21(9-12-27)25(31)26-10-7-23-6-3-17-32-23/h2-6,17-18,21H,7-16,19H2,1H3,(H,26,31). The molecule has 3 heterocycles. The fourth-order valence-corrected chi connectivity index (χ4v) is 5.30. The van der Waals surface area contributed by atoms with Crippen molar-refractivity contribution < 1.29 is 9.59 Å². The molecule has 0 saturated carbocycles. The van der Waals surface area contributed by atoms with E-state index in [0.29, 0.717) is 13.1 Å². The molecule has 1 N–H and O–H groups in total. The Morgan fingerprint density at radius 1 is 1.03 bits per heavy atom. The summed E-state index contributed by atoms with van der Waals surface area (Å²) in [4.78, 5) is 33.2. The number of aryl methyl sites for hydroxylation is 1. The highest BCUT2D eigenvalue weighted by Gasteiger charge is 2.28. The van der Waals surface area contributed by atoms with E-state index in [4.69, 9.17) is 0 Å². The molecule has 172 valence electrons. The Labute approximate surface area is 195 Å². The van der Waals surface area contributed by atoms with E-state index in [1.165, 1.54) is 16.1 Å². The van der Waals surface area contributed by atoms with Crippen LogP contribution in [0.3, 0.4) is 0 Å². The molecule has 2 amide bonds. The van der Waals surface area contributed by atoms with Gasteiger partial charge in [0.2, 0.25) is 11.8 Å². The van der Waals surface area contributed by atoms with Crippen molar-refractivity contribution in [3.05, 3.63) is 52.2 Å². The maximum Gasteiger partial charge on any atom is 0.236 e. The van der Waals surface area contributed by atoms with Crippen LogP contribution >= 0.6 is 11.3 Å². The number of hydrogen-bond acceptors (Lipinski definition) is 5. The lowest BCUT2D eigenvalue weighted by Gasteiger charge is -2.38. The molecule has 32 heavy (non-hydrogen) atoms. The monoisotopic (exact) mass is 454 g/mol. The molecule has 0 radical (unpaired) electrons. The summed E-state index contributed by atoms with van der Waals surface area (Å²) in [6.07, 6.45) is 2.56. The first-order valence-electron chi connectivity index (χ1n) is 11.7. The molecular weight excluding hydrogens is 420 g/mol. The molecule has 2 aliphatic rings. The first-order valence-corrected chi connectivity index (χ1v) is 12.6. The van der Waals surface area contributed by atoms with Gasteiger partial charge in [-0.15, -0.1) is 11.3 Å². The molecule has 4 rings (SSSR count). The van der Waals surface area contributed by atoms with Crippen molar-refractivity contribution in [1.29, 1.82) is 0 Å². The zero-order chi connectivity index (χ0) is 22.3. The molecular formula is C25H34N4O2S. The van der Waals surface area contributed by atoms with Crippen molar-refractivity contribution in [3.8, 4) is 0 Å². The van der Waals surface area contributed by atoms with Crippen LogP contribution < -0.4 is 10.2 Å². The molecule has 6 nitrogen and oxygen atoms in total. The summed E-state index contributed by atoms with van der Waals surface area (Å²) in [7, 11) is 0. The molecule has 2 saturated heterocycles. The van der Waals surface area contributed by atoms with E-state index >= 15 is 0 Å². The maximum absolute atomic E-state index is 12.8. The third-order valence-electron chi connectivity index (χ3n) is 6.57. The molecule has 0 aliphatic carbocycles. The Morgan fingerprint density at radius 2 is 1.81 bits per heavy atom. The van der Waals surface area contributed by atoms with Crippen LogP contribution in [0.4, 0.5) is 5.69 Å². The van der Waals surface area contributed by atoms with Gasteiger partial charge >= 0.3 is 0 Å². The lowest BCUT2D eigenvalue weighted by Crippen LogP contribution is -2.52. The number of hydrogen-bond donors (Lipinski definition) is 1. The number of anilines is 1. The molecule has 1 aromatic heterocycles. The van der Waals surface area contributed by atoms with Gasteiger partial charge in [0, 0.05) is 49.2 Å². The highest BCUT2D eigenvalue weighted by Crippen LogP contribution is 2.20. The van der Waals surface area contributed by atoms with E-state index in [1.54, 1.807) is 11.3 Å². The van der Waals surface area contributed by atoms with Gasteiger partial charge in [0.25, 0.3) is 0 Å². The summed E-state index contributed by atoms with van der Waals surface area (Å²) >= 11 is 1.73. The minimum atomic E-state index is 0.0718. The Balaban J connectivity index is 1.14. The van der Waals surface area contributed by atoms with Crippen LogP contribution in [0.2, 0.25) is 0 Å². The summed E-state index contributed by atoms with van der Waals surface area (Å²) < 4.78 is 0. The number of nitrogens with zero attached hydrogens (tertiary/aromatic N) is 3. The zero-order valence-electron chi connectivity index (χ0n) is 19.0. The maximum atomic E-state index is 12.8. The van der Waals surface area contributed by atoms with Gasteiger partial charge in [0.1, 0.15) is 0 Å². The lowest BCUT2D eigenvalue weighted by atomic mass is 9.96. The van der Waals surface area contributed by atoms with Crippen LogP contribution in [-0.2, 0) is 16.0 Å². The van der Waals surface area contributed by atoms with Crippen LogP contribution in [0.15, 0.2) is 41.8 Å². The van der Waals surface area contributed by atoms with Crippen LogP contribution in [0.1, 0.15) is 23.3 Å². The highest BCUT2D eigenvalue weighted by atomic mass is 32.1. The number of amides is 2. The number of carbonyl (C=O) groups is 2. The van der Waals surface area contributed by atoms with E-state index < -0.39 is 0 Å². The fourth-order valence-electron chi connectivity index (χ4n) is 4.59. The van der Waals surface area contributed by atoms with E-state index in [2.05, 4.69) is 57.8 Å². The number of carbonyl (C=O) groups excluding carboxylic acids is 2. The third kappa shape index (κ3) is 6.11. The van der Waals surface area contributed by atoms with E-state index in [0.717, 1.165) is 58.5 Å². The molecule has 2 aliphatic heterocycles. The number of piperidine rings is 1. The number of rotatable bonds is 7. The van der Waals surface area contributed by atoms with Crippen LogP contribution in [0.5, 0.6) is 0 Å². The third-order valence-corrected chi connectivity index (χ3v) is 7.50. The lowest BCUT2D eigenvalue weighted by molar-refractivity contribution is -0.133. The molecule has 2 aromatic rings. The summed E-state index contributed by atoms with van der Waals surface area (Å²) in [5.74, 6) is 0.454. The number of thiophene rings is 1. The number of piperazine rings is 1. The molecule has 0 spiro atoms. The van der Waals surface area contributed by atoms with Gasteiger partial charge in [-0.1, -0.05) is 18.2 Å². The highest BCUT2D eigenvalue weighted by molar-refractivity contribution is 7.09. The summed E-state index contributed by atoms with van der Waals surface area (Å²) in [5.41, 5.74) is 2.51. The fraction of sp³-hybridized carbons (Fsp3) is 0.520. The Morgan fingerprint density at radius 3 is 2.50 bits per heavy atom. The number of nitrogens with one attached hydrogen (secondary N) is 1. The first kappa shape index (κ1) is 22.8. The van der Waals surface area contributed by atoms with Crippen molar-refractivity contribution in [1.82, 2.24) is 15.1 Å².